The first-order chi connectivity index (χ1) is 11.5. The Labute approximate surface area is 134 Å². The molecule has 11 nitrogen and oxygen atoms in total. The van der Waals surface area contributed by atoms with Crippen molar-refractivity contribution < 1.29 is 14.8 Å². The maximum atomic E-state index is 11.7. The Balaban J connectivity index is 1.98. The maximum absolute atomic E-state index is 11.7. The number of nitrogens with one attached hydrogen (secondary N) is 2. The fraction of sp³-hybridized carbons (Fsp3) is 0.154. The lowest BCUT2D eigenvalue weighted by atomic mass is 10.2. The lowest BCUT2D eigenvalue weighted by Gasteiger charge is -2.00. The standard InChI is InChI=1S/C13H12N6O5/c20-11(21)6-5-10-12(22)15-13(18-16-10)17-14-7-8-1-3-9(4-2-8)19(23)24/h1-4,7H,5-6H2,(H,20,21)(H2,15,17,18,22)/b14-7-. The van der Waals surface area contributed by atoms with Crippen LogP contribution in [0, 0.1) is 10.1 Å². The average molecular weight is 332 g/mol. The summed E-state index contributed by atoms with van der Waals surface area (Å²) in [6.07, 6.45) is 1.13. The van der Waals surface area contributed by atoms with Crippen LogP contribution < -0.4 is 11.0 Å². The number of hydrazone groups is 1. The number of aromatic nitrogens is 3. The molecule has 0 aliphatic heterocycles. The molecule has 3 N–H and O–H groups in total. The average Bonchev–Trinajstić information content (AvgIpc) is 2.54. The molecule has 24 heavy (non-hydrogen) atoms. The van der Waals surface area contributed by atoms with Crippen LogP contribution in [0.4, 0.5) is 11.6 Å². The number of nitro benzene ring substituents is 1. The zero-order chi connectivity index (χ0) is 17.5. The van der Waals surface area contributed by atoms with Crippen LogP contribution in [0.25, 0.3) is 0 Å². The van der Waals surface area contributed by atoms with Crippen LogP contribution in [0.5, 0.6) is 0 Å². The lowest BCUT2D eigenvalue weighted by molar-refractivity contribution is -0.384. The Hall–Kier alpha value is -3.63. The minimum absolute atomic E-state index is 0.0160. The number of aliphatic carboxylic acids is 1. The lowest BCUT2D eigenvalue weighted by Crippen LogP contribution is -2.19. The molecule has 124 valence electrons. The van der Waals surface area contributed by atoms with Crippen LogP contribution in [0.15, 0.2) is 34.2 Å². The third-order valence-corrected chi connectivity index (χ3v) is 2.83. The fourth-order valence-corrected chi connectivity index (χ4v) is 1.65. The van der Waals surface area contributed by atoms with E-state index < -0.39 is 16.5 Å². The second kappa shape index (κ2) is 7.58. The van der Waals surface area contributed by atoms with Gasteiger partial charge >= 0.3 is 5.97 Å². The van der Waals surface area contributed by atoms with Crippen molar-refractivity contribution in [1.82, 2.24) is 15.2 Å². The van der Waals surface area contributed by atoms with Gasteiger partial charge in [-0.25, -0.2) is 5.43 Å². The van der Waals surface area contributed by atoms with E-state index in [1.807, 2.05) is 0 Å². The number of nitrogens with zero attached hydrogens (tertiary/aromatic N) is 4. The number of non-ortho nitro benzene ring substituents is 1. The highest BCUT2D eigenvalue weighted by atomic mass is 16.6. The minimum atomic E-state index is -1.04. The van der Waals surface area contributed by atoms with E-state index in [1.54, 1.807) is 0 Å². The van der Waals surface area contributed by atoms with Crippen molar-refractivity contribution in [3.05, 3.63) is 56.0 Å². The van der Waals surface area contributed by atoms with E-state index in [9.17, 15) is 19.7 Å². The zero-order valence-electron chi connectivity index (χ0n) is 12.2. The predicted octanol–water partition coefficient (Wildman–Crippen LogP) is 0.536. The number of aromatic amines is 1. The molecule has 1 aromatic carbocycles. The second-order valence-electron chi connectivity index (χ2n) is 4.56. The fourth-order valence-electron chi connectivity index (χ4n) is 1.65. The van der Waals surface area contributed by atoms with Gasteiger partial charge in [-0.3, -0.25) is 24.7 Å². The molecule has 0 spiro atoms. The number of hydrogen-bond donors (Lipinski definition) is 3. The molecule has 0 amide bonds. The van der Waals surface area contributed by atoms with Gasteiger partial charge in [0.2, 0.25) is 5.95 Å². The number of nitro groups is 1. The smallest absolute Gasteiger partial charge is 0.303 e. The first kappa shape index (κ1) is 16.7. The van der Waals surface area contributed by atoms with E-state index in [1.165, 1.54) is 30.5 Å². The highest BCUT2D eigenvalue weighted by Crippen LogP contribution is 2.10. The monoisotopic (exact) mass is 332 g/mol. The van der Waals surface area contributed by atoms with Crippen molar-refractivity contribution in [2.24, 2.45) is 5.10 Å². The zero-order valence-corrected chi connectivity index (χ0v) is 12.2. The van der Waals surface area contributed by atoms with Gasteiger partial charge in [0.05, 0.1) is 17.6 Å². The Morgan fingerprint density at radius 3 is 2.67 bits per heavy atom. The van der Waals surface area contributed by atoms with E-state index in [0.717, 1.165) is 0 Å². The van der Waals surface area contributed by atoms with Gasteiger partial charge in [-0.05, 0) is 17.7 Å². The van der Waals surface area contributed by atoms with E-state index in [0.29, 0.717) is 5.56 Å². The van der Waals surface area contributed by atoms with Gasteiger partial charge in [0, 0.05) is 18.6 Å². The van der Waals surface area contributed by atoms with Gasteiger partial charge in [0.25, 0.3) is 11.2 Å². The number of anilines is 1. The number of H-pyrrole nitrogens is 1. The third-order valence-electron chi connectivity index (χ3n) is 2.83. The molecule has 2 rings (SSSR count). The number of carbonyl (C=O) groups is 1. The first-order valence-electron chi connectivity index (χ1n) is 6.67. The van der Waals surface area contributed by atoms with Gasteiger partial charge < -0.3 is 5.11 Å². The predicted molar refractivity (Wildman–Crippen MR) is 82.9 cm³/mol. The summed E-state index contributed by atoms with van der Waals surface area (Å²) in [5.74, 6) is -1.05. The highest BCUT2D eigenvalue weighted by molar-refractivity contribution is 5.80. The number of benzene rings is 1. The highest BCUT2D eigenvalue weighted by Gasteiger charge is 2.07. The summed E-state index contributed by atoms with van der Waals surface area (Å²) in [6, 6.07) is 5.68. The van der Waals surface area contributed by atoms with Crippen molar-refractivity contribution in [2.45, 2.75) is 12.8 Å². The quantitative estimate of drug-likeness (QED) is 0.375. The van der Waals surface area contributed by atoms with Crippen molar-refractivity contribution in [3.63, 3.8) is 0 Å². The van der Waals surface area contributed by atoms with Gasteiger partial charge in [-0.2, -0.15) is 5.10 Å². The van der Waals surface area contributed by atoms with Crippen LogP contribution in [-0.4, -0.2) is 37.4 Å². The summed E-state index contributed by atoms with van der Waals surface area (Å²) in [7, 11) is 0. The third kappa shape index (κ3) is 4.69. The molecule has 0 aliphatic rings. The van der Waals surface area contributed by atoms with Gasteiger partial charge in [0.15, 0.2) is 0 Å². The van der Waals surface area contributed by atoms with Crippen molar-refractivity contribution in [2.75, 3.05) is 5.43 Å². The Bertz CT molecular complexity index is 829. The Kier molecular flexibility index (Phi) is 5.28. The molecule has 0 bridgehead atoms. The molecular formula is C13H12N6O5. The van der Waals surface area contributed by atoms with Crippen LogP contribution >= 0.6 is 0 Å². The number of aryl methyl sites for hydroxylation is 1. The summed E-state index contributed by atoms with van der Waals surface area (Å²) in [5.41, 5.74) is 2.48. The van der Waals surface area contributed by atoms with E-state index in [4.69, 9.17) is 5.11 Å². The number of hydrogen-bond acceptors (Lipinski definition) is 8. The molecule has 1 heterocycles. The Morgan fingerprint density at radius 1 is 1.38 bits per heavy atom. The van der Waals surface area contributed by atoms with Gasteiger partial charge in [-0.1, -0.05) is 0 Å². The summed E-state index contributed by atoms with van der Waals surface area (Å²) in [5, 5.41) is 30.2. The van der Waals surface area contributed by atoms with Crippen LogP contribution in [0.1, 0.15) is 17.7 Å². The molecule has 0 saturated heterocycles. The minimum Gasteiger partial charge on any atom is -0.481 e. The molecule has 0 unspecified atom stereocenters. The van der Waals surface area contributed by atoms with Crippen molar-refractivity contribution >= 4 is 23.8 Å². The van der Waals surface area contributed by atoms with Gasteiger partial charge in [-0.15, -0.1) is 10.2 Å². The topological polar surface area (TPSA) is 163 Å². The van der Waals surface area contributed by atoms with Gasteiger partial charge in [0.1, 0.15) is 5.69 Å². The SMILES string of the molecule is O=C(O)CCc1nnc(N/N=C\c2ccc([N+](=O)[O-])cc2)[nH]c1=O. The van der Waals surface area contributed by atoms with Crippen LogP contribution in [-0.2, 0) is 11.2 Å². The molecule has 0 radical (unpaired) electrons. The molecule has 1 aromatic heterocycles. The number of carboxylic acids is 1. The molecule has 0 atom stereocenters. The van der Waals surface area contributed by atoms with E-state index >= 15 is 0 Å². The molecule has 0 aliphatic carbocycles. The summed E-state index contributed by atoms with van der Waals surface area (Å²) >= 11 is 0. The van der Waals surface area contributed by atoms with E-state index in [-0.39, 0.29) is 30.2 Å². The van der Waals surface area contributed by atoms with Crippen LogP contribution in [0.3, 0.4) is 0 Å². The molecule has 11 heteroatoms. The summed E-state index contributed by atoms with van der Waals surface area (Å²) in [6.45, 7) is 0. The second-order valence-corrected chi connectivity index (χ2v) is 4.56. The van der Waals surface area contributed by atoms with Crippen molar-refractivity contribution in [1.29, 1.82) is 0 Å². The Morgan fingerprint density at radius 2 is 2.08 bits per heavy atom. The van der Waals surface area contributed by atoms with Crippen LogP contribution in [0.2, 0.25) is 0 Å². The molecule has 0 fully saturated rings. The summed E-state index contributed by atoms with van der Waals surface area (Å²) in [4.78, 5) is 34.5. The molecule has 2 aromatic rings. The normalized spacial score (nSPS) is 10.7. The number of carboxylic acid groups (broad SMARTS) is 1. The largest absolute Gasteiger partial charge is 0.481 e. The summed E-state index contributed by atoms with van der Waals surface area (Å²) < 4.78 is 0. The van der Waals surface area contributed by atoms with Crippen molar-refractivity contribution in [3.8, 4) is 0 Å². The molecule has 0 saturated carbocycles. The maximum Gasteiger partial charge on any atom is 0.303 e. The molecular weight excluding hydrogens is 320 g/mol. The first-order valence-corrected chi connectivity index (χ1v) is 6.67. The number of rotatable bonds is 7. The van der Waals surface area contributed by atoms with E-state index in [2.05, 4.69) is 25.7 Å².